The molecule has 0 aliphatic rings. The summed E-state index contributed by atoms with van der Waals surface area (Å²) in [6.07, 6.45) is 1.26. The van der Waals surface area contributed by atoms with Crippen molar-refractivity contribution in [1.29, 1.82) is 0 Å². The fourth-order valence-corrected chi connectivity index (χ4v) is 1.88. The number of carbonyl (C=O) groups is 1. The van der Waals surface area contributed by atoms with E-state index in [-0.39, 0.29) is 23.1 Å². The van der Waals surface area contributed by atoms with Crippen LogP contribution in [-0.4, -0.2) is 33.5 Å². The van der Waals surface area contributed by atoms with Gasteiger partial charge in [-0.25, -0.2) is 14.2 Å². The van der Waals surface area contributed by atoms with Gasteiger partial charge in [-0.2, -0.15) is 0 Å². The van der Waals surface area contributed by atoms with Gasteiger partial charge in [0.05, 0.1) is 5.56 Å². The van der Waals surface area contributed by atoms with Crippen molar-refractivity contribution in [3.63, 3.8) is 0 Å². The maximum absolute atomic E-state index is 13.6. The molecule has 0 aliphatic heterocycles. The van der Waals surface area contributed by atoms with Crippen LogP contribution in [0.2, 0.25) is 0 Å². The van der Waals surface area contributed by atoms with Crippen molar-refractivity contribution in [2.24, 2.45) is 5.92 Å². The van der Waals surface area contributed by atoms with Crippen LogP contribution in [0.25, 0.3) is 0 Å². The average molecular weight is 245 g/mol. The van der Waals surface area contributed by atoms with Crippen LogP contribution in [0.3, 0.4) is 0 Å². The molecule has 0 spiro atoms. The molecule has 88 valence electrons. The Morgan fingerprint density at radius 1 is 1.69 bits per heavy atom. The van der Waals surface area contributed by atoms with Crippen molar-refractivity contribution in [3.8, 4) is 0 Å². The normalized spacial score (nSPS) is 12.4. The van der Waals surface area contributed by atoms with E-state index in [0.717, 1.165) is 17.8 Å². The number of aliphatic hydroxyl groups excluding tert-OH is 1. The van der Waals surface area contributed by atoms with Crippen molar-refractivity contribution >= 4 is 17.7 Å². The van der Waals surface area contributed by atoms with E-state index in [4.69, 9.17) is 10.2 Å². The largest absolute Gasteiger partial charge is 0.478 e. The van der Waals surface area contributed by atoms with Crippen LogP contribution in [0.1, 0.15) is 17.3 Å². The van der Waals surface area contributed by atoms with Crippen LogP contribution >= 0.6 is 11.8 Å². The lowest BCUT2D eigenvalue weighted by molar-refractivity contribution is 0.0691. The van der Waals surface area contributed by atoms with E-state index >= 15 is 0 Å². The predicted molar refractivity (Wildman–Crippen MR) is 58.1 cm³/mol. The summed E-state index contributed by atoms with van der Waals surface area (Å²) in [5.41, 5.74) is -0.380. The molecule has 1 heterocycles. The molecule has 1 aromatic heterocycles. The van der Waals surface area contributed by atoms with Crippen molar-refractivity contribution in [2.75, 3.05) is 12.4 Å². The predicted octanol–water partition coefficient (Wildman–Crippen LogP) is 1.64. The number of pyridine rings is 1. The van der Waals surface area contributed by atoms with Crippen LogP contribution in [0.15, 0.2) is 17.3 Å². The number of carboxylic acid groups (broad SMARTS) is 1. The lowest BCUT2D eigenvalue weighted by atomic mass is 10.2. The minimum absolute atomic E-state index is 0.00718. The molecular weight excluding hydrogens is 233 g/mol. The van der Waals surface area contributed by atoms with Gasteiger partial charge in [-0.15, -0.1) is 11.8 Å². The van der Waals surface area contributed by atoms with Crippen molar-refractivity contribution in [3.05, 3.63) is 23.6 Å². The highest BCUT2D eigenvalue weighted by Gasteiger charge is 2.15. The SMILES string of the molecule is CC(CO)CSc1nccc(C(=O)O)c1F. The first-order valence-electron chi connectivity index (χ1n) is 4.67. The van der Waals surface area contributed by atoms with Crippen LogP contribution in [-0.2, 0) is 0 Å². The van der Waals surface area contributed by atoms with Gasteiger partial charge in [0.2, 0.25) is 0 Å². The van der Waals surface area contributed by atoms with Crippen LogP contribution < -0.4 is 0 Å². The smallest absolute Gasteiger partial charge is 0.338 e. The summed E-state index contributed by atoms with van der Waals surface area (Å²) in [4.78, 5) is 14.4. The number of carboxylic acids is 1. The van der Waals surface area contributed by atoms with Crippen molar-refractivity contribution in [1.82, 2.24) is 4.98 Å². The molecule has 0 fully saturated rings. The molecule has 16 heavy (non-hydrogen) atoms. The molecule has 1 unspecified atom stereocenters. The third kappa shape index (κ3) is 3.18. The summed E-state index contributed by atoms with van der Waals surface area (Å²) in [5.74, 6) is -1.62. The topological polar surface area (TPSA) is 70.4 Å². The van der Waals surface area contributed by atoms with Gasteiger partial charge in [-0.3, -0.25) is 0 Å². The quantitative estimate of drug-likeness (QED) is 0.772. The number of nitrogens with zero attached hydrogens (tertiary/aromatic N) is 1. The van der Waals surface area contributed by atoms with E-state index in [1.54, 1.807) is 0 Å². The maximum Gasteiger partial charge on any atom is 0.338 e. The summed E-state index contributed by atoms with van der Waals surface area (Å²) in [6.45, 7) is 1.82. The highest BCUT2D eigenvalue weighted by atomic mass is 32.2. The summed E-state index contributed by atoms with van der Waals surface area (Å²) in [5, 5.41) is 17.6. The van der Waals surface area contributed by atoms with Crippen LogP contribution in [0.5, 0.6) is 0 Å². The Kier molecular flexibility index (Phi) is 4.70. The molecule has 0 bridgehead atoms. The molecule has 0 saturated carbocycles. The number of aromatic carboxylic acids is 1. The Bertz CT molecular complexity index is 386. The fraction of sp³-hybridized carbons (Fsp3) is 0.400. The molecule has 1 rings (SSSR count). The van der Waals surface area contributed by atoms with Crippen molar-refractivity contribution in [2.45, 2.75) is 11.9 Å². The average Bonchev–Trinajstić information content (AvgIpc) is 2.26. The van der Waals surface area contributed by atoms with Crippen LogP contribution in [0.4, 0.5) is 4.39 Å². The monoisotopic (exact) mass is 245 g/mol. The Hall–Kier alpha value is -1.14. The number of halogens is 1. The van der Waals surface area contributed by atoms with Crippen molar-refractivity contribution < 1.29 is 19.4 Å². The lowest BCUT2D eigenvalue weighted by Gasteiger charge is -2.07. The zero-order valence-electron chi connectivity index (χ0n) is 8.68. The molecular formula is C10H12FNO3S. The van der Waals surface area contributed by atoms with Gasteiger partial charge in [-0.05, 0) is 12.0 Å². The number of hydrogen-bond acceptors (Lipinski definition) is 4. The third-order valence-electron chi connectivity index (χ3n) is 1.90. The van der Waals surface area contributed by atoms with E-state index in [1.165, 1.54) is 6.20 Å². The molecule has 0 amide bonds. The lowest BCUT2D eigenvalue weighted by Crippen LogP contribution is -2.06. The van der Waals surface area contributed by atoms with Gasteiger partial charge in [0.1, 0.15) is 5.03 Å². The van der Waals surface area contributed by atoms with E-state index in [2.05, 4.69) is 4.98 Å². The second kappa shape index (κ2) is 5.81. The van der Waals surface area contributed by atoms with E-state index in [1.807, 2.05) is 6.92 Å². The first kappa shape index (κ1) is 12.9. The van der Waals surface area contributed by atoms with E-state index < -0.39 is 11.8 Å². The zero-order valence-corrected chi connectivity index (χ0v) is 9.50. The minimum atomic E-state index is -1.31. The van der Waals surface area contributed by atoms with Gasteiger partial charge < -0.3 is 10.2 Å². The van der Waals surface area contributed by atoms with Gasteiger partial charge in [-0.1, -0.05) is 6.92 Å². The van der Waals surface area contributed by atoms with Crippen LogP contribution in [0, 0.1) is 11.7 Å². The Morgan fingerprint density at radius 3 is 2.94 bits per heavy atom. The number of aromatic nitrogens is 1. The summed E-state index contributed by atoms with van der Waals surface area (Å²) < 4.78 is 13.6. The number of aliphatic hydroxyl groups is 1. The molecule has 2 N–H and O–H groups in total. The van der Waals surface area contributed by atoms with E-state index in [0.29, 0.717) is 5.75 Å². The summed E-state index contributed by atoms with van der Waals surface area (Å²) in [7, 11) is 0. The van der Waals surface area contributed by atoms with Gasteiger partial charge >= 0.3 is 5.97 Å². The van der Waals surface area contributed by atoms with E-state index in [9.17, 15) is 9.18 Å². The zero-order chi connectivity index (χ0) is 12.1. The second-order valence-corrected chi connectivity index (χ2v) is 4.39. The summed E-state index contributed by atoms with van der Waals surface area (Å²) >= 11 is 1.10. The summed E-state index contributed by atoms with van der Waals surface area (Å²) in [6, 6.07) is 1.12. The molecule has 1 atom stereocenters. The molecule has 0 aliphatic carbocycles. The standard InChI is InChI=1S/C10H12FNO3S/c1-6(4-13)5-16-9-8(11)7(10(14)15)2-3-12-9/h2-3,6,13H,4-5H2,1H3,(H,14,15). The first-order chi connectivity index (χ1) is 7.56. The fourth-order valence-electron chi connectivity index (χ4n) is 0.964. The van der Waals surface area contributed by atoms with Gasteiger partial charge in [0.25, 0.3) is 0 Å². The Labute approximate surface area is 96.5 Å². The van der Waals surface area contributed by atoms with Gasteiger partial charge in [0, 0.05) is 18.6 Å². The highest BCUT2D eigenvalue weighted by Crippen LogP contribution is 2.23. The minimum Gasteiger partial charge on any atom is -0.478 e. The third-order valence-corrected chi connectivity index (χ3v) is 3.20. The highest BCUT2D eigenvalue weighted by molar-refractivity contribution is 7.99. The maximum atomic E-state index is 13.6. The molecule has 0 aromatic carbocycles. The Balaban J connectivity index is 2.81. The molecule has 1 aromatic rings. The molecule has 4 nitrogen and oxygen atoms in total. The number of rotatable bonds is 5. The second-order valence-electron chi connectivity index (χ2n) is 3.38. The first-order valence-corrected chi connectivity index (χ1v) is 5.66. The number of thioether (sulfide) groups is 1. The molecule has 6 heteroatoms. The van der Waals surface area contributed by atoms with Gasteiger partial charge in [0.15, 0.2) is 5.82 Å². The number of hydrogen-bond donors (Lipinski definition) is 2. The molecule has 0 saturated heterocycles. The molecule has 0 radical (unpaired) electrons. The Morgan fingerprint density at radius 2 is 2.38 bits per heavy atom.